The number of benzene rings is 3. The minimum absolute atomic E-state index is 0.0111. The summed E-state index contributed by atoms with van der Waals surface area (Å²) < 4.78 is 31.9. The quantitative estimate of drug-likeness (QED) is 0.234. The Hall–Kier alpha value is -4.76. The summed E-state index contributed by atoms with van der Waals surface area (Å²) in [6.07, 6.45) is -8.46. The van der Waals surface area contributed by atoms with Crippen LogP contribution in [-0.4, -0.2) is 104 Å². The highest BCUT2D eigenvalue weighted by Crippen LogP contribution is 2.64. The molecule has 2 bridgehead atoms. The van der Waals surface area contributed by atoms with E-state index >= 15 is 4.79 Å². The number of esters is 2. The van der Waals surface area contributed by atoms with Crippen LogP contribution < -0.4 is 0 Å². The van der Waals surface area contributed by atoms with Gasteiger partial charge in [-0.05, 0) is 63.5 Å². The number of aliphatic hydroxyl groups is 3. The predicted octanol–water partition coefficient (Wildman–Crippen LogP) is 5.75. The second kappa shape index (κ2) is 15.5. The van der Waals surface area contributed by atoms with Crippen LogP contribution >= 0.6 is 0 Å². The molecule has 11 atom stereocenters. The Balaban J connectivity index is 1.22. The van der Waals surface area contributed by atoms with E-state index in [1.165, 1.54) is 11.8 Å². The molecule has 4 fully saturated rings. The fourth-order valence-electron chi connectivity index (χ4n) is 11.6. The molecule has 0 radical (unpaired) electrons. The van der Waals surface area contributed by atoms with Gasteiger partial charge < -0.3 is 43.9 Å². The molecule has 336 valence electrons. The lowest BCUT2D eigenvalue weighted by atomic mass is 9.44. The van der Waals surface area contributed by atoms with Crippen LogP contribution in [0.1, 0.15) is 103 Å². The van der Waals surface area contributed by atoms with Gasteiger partial charge >= 0.3 is 11.9 Å². The minimum Gasteiger partial charge on any atom is -0.456 e. The summed E-state index contributed by atoms with van der Waals surface area (Å²) in [6.45, 7) is 14.7. The van der Waals surface area contributed by atoms with Crippen LogP contribution in [0.15, 0.2) is 102 Å². The lowest BCUT2D eigenvalue weighted by Crippen LogP contribution is -2.82. The zero-order valence-corrected chi connectivity index (χ0v) is 37.4. The highest BCUT2D eigenvalue weighted by Gasteiger charge is 2.77. The minimum atomic E-state index is -2.25. The number of ketones is 1. The number of hydrogen-bond donors (Lipinski definition) is 3. The number of rotatable bonds is 8. The first-order valence-electron chi connectivity index (χ1n) is 21.7. The average molecular weight is 866 g/mol. The molecule has 2 aliphatic heterocycles. The van der Waals surface area contributed by atoms with Crippen LogP contribution in [0.4, 0.5) is 0 Å². The van der Waals surface area contributed by atoms with E-state index in [0.29, 0.717) is 11.1 Å². The van der Waals surface area contributed by atoms with Gasteiger partial charge in [-0.25, -0.2) is 4.79 Å². The SMILES string of the molecule is CC(=O)O[C@@]12CO[C@@H]1C[C@H](OC(C)(C)c1ccccc1)[C@]1(C)[C@@H]2[C@H](O)[C@]2(O)C[C@H](OC(=O)[C@@H]3OC(C)(C)N(C(=O)c4ccccc4)[C@@H]3c3ccccc3)C(C)=C(C(=O)[C@@H]1O)C2(C)C. The van der Waals surface area contributed by atoms with Crippen molar-refractivity contribution in [1.29, 1.82) is 0 Å². The number of hydrogen-bond acceptors (Lipinski definition) is 12. The third-order valence-corrected chi connectivity index (χ3v) is 15.0. The van der Waals surface area contributed by atoms with Crippen LogP contribution in [0, 0.1) is 16.7 Å². The van der Waals surface area contributed by atoms with Crippen LogP contribution in [0.5, 0.6) is 0 Å². The molecule has 0 spiro atoms. The standard InChI is InChI=1S/C50H59NO12/c1-28-33(60-44(57)39-37(30-19-13-10-14-20-30)51(47(7,8)63-39)43(56)31-21-15-11-16-22-31)26-50(58)42(55)40-48(9,41(54)38(53)36(28)45(50,3)4)34(25-35-49(40,27-59-35)61-29(2)52)62-46(5,6)32-23-17-12-18-24-32/h10-24,33-35,37,39-42,54-55,58H,25-27H2,1-9H3/t33-,34-,35+,37+,39+,40-,41-,42-,48+,49-,50+/m0/s1. The fraction of sp³-hybridized carbons (Fsp3) is 0.520. The molecule has 3 N–H and O–H groups in total. The number of fused-ring (bicyclic) bond motifs is 5. The Labute approximate surface area is 368 Å². The fourth-order valence-corrected chi connectivity index (χ4v) is 11.6. The van der Waals surface area contributed by atoms with Crippen LogP contribution in [-0.2, 0) is 43.7 Å². The summed E-state index contributed by atoms with van der Waals surface area (Å²) in [7, 11) is 0. The summed E-state index contributed by atoms with van der Waals surface area (Å²) in [5, 5.41) is 39.2. The first kappa shape index (κ1) is 44.8. The highest BCUT2D eigenvalue weighted by molar-refractivity contribution is 6.02. The molecule has 2 heterocycles. The maximum Gasteiger partial charge on any atom is 0.338 e. The second-order valence-electron chi connectivity index (χ2n) is 19.7. The van der Waals surface area contributed by atoms with Crippen LogP contribution in [0.2, 0.25) is 0 Å². The molecule has 8 rings (SSSR count). The number of nitrogens with zero attached hydrogens (tertiary/aromatic N) is 1. The predicted molar refractivity (Wildman–Crippen MR) is 228 cm³/mol. The number of carbonyl (C=O) groups excluding carboxylic acids is 4. The Morgan fingerprint density at radius 3 is 2.03 bits per heavy atom. The number of amides is 1. The molecule has 5 aliphatic rings. The third kappa shape index (κ3) is 6.80. The van der Waals surface area contributed by atoms with Gasteiger partial charge in [-0.3, -0.25) is 14.4 Å². The molecule has 3 aromatic rings. The second-order valence-corrected chi connectivity index (χ2v) is 19.7. The third-order valence-electron chi connectivity index (χ3n) is 15.0. The van der Waals surface area contributed by atoms with Gasteiger partial charge in [-0.1, -0.05) is 99.6 Å². The Bertz CT molecular complexity index is 2310. The van der Waals surface area contributed by atoms with E-state index in [2.05, 4.69) is 0 Å². The van der Waals surface area contributed by atoms with E-state index in [4.69, 9.17) is 23.7 Å². The molecule has 0 aromatic heterocycles. The highest BCUT2D eigenvalue weighted by atomic mass is 16.6. The van der Waals surface area contributed by atoms with Crippen molar-refractivity contribution in [3.8, 4) is 0 Å². The molecule has 63 heavy (non-hydrogen) atoms. The number of Topliss-reactive ketones (excluding diaryl/α,β-unsaturated/α-hetero) is 1. The summed E-state index contributed by atoms with van der Waals surface area (Å²) >= 11 is 0. The summed E-state index contributed by atoms with van der Waals surface area (Å²) in [5.41, 5.74) is -7.24. The van der Waals surface area contributed by atoms with Crippen molar-refractivity contribution in [3.63, 3.8) is 0 Å². The summed E-state index contributed by atoms with van der Waals surface area (Å²) in [6, 6.07) is 26.2. The van der Waals surface area contributed by atoms with E-state index in [0.717, 1.165) is 5.56 Å². The first-order valence-corrected chi connectivity index (χ1v) is 21.7. The van der Waals surface area contributed by atoms with E-state index < -0.39 is 99.7 Å². The van der Waals surface area contributed by atoms with Gasteiger partial charge in [0.25, 0.3) is 5.91 Å². The van der Waals surface area contributed by atoms with Gasteiger partial charge in [0, 0.05) is 47.6 Å². The van der Waals surface area contributed by atoms with Gasteiger partial charge in [-0.2, -0.15) is 0 Å². The lowest BCUT2D eigenvalue weighted by Gasteiger charge is -2.68. The van der Waals surface area contributed by atoms with E-state index in [1.807, 2.05) is 50.2 Å². The molecule has 13 nitrogen and oxygen atoms in total. The van der Waals surface area contributed by atoms with Crippen LogP contribution in [0.25, 0.3) is 0 Å². The zero-order valence-electron chi connectivity index (χ0n) is 37.4. The molecule has 3 aliphatic carbocycles. The van der Waals surface area contributed by atoms with Gasteiger partial charge in [0.1, 0.15) is 29.6 Å². The zero-order chi connectivity index (χ0) is 45.7. The van der Waals surface area contributed by atoms with Crippen molar-refractivity contribution in [2.45, 2.75) is 140 Å². The van der Waals surface area contributed by atoms with Gasteiger partial charge in [0.2, 0.25) is 0 Å². The monoisotopic (exact) mass is 865 g/mol. The van der Waals surface area contributed by atoms with E-state index in [-0.39, 0.29) is 36.5 Å². The van der Waals surface area contributed by atoms with E-state index in [1.54, 1.807) is 96.1 Å². The van der Waals surface area contributed by atoms with Crippen molar-refractivity contribution in [2.75, 3.05) is 6.61 Å². The summed E-state index contributed by atoms with van der Waals surface area (Å²) in [4.78, 5) is 58.8. The van der Waals surface area contributed by atoms with Crippen molar-refractivity contribution >= 4 is 23.6 Å². The Morgan fingerprint density at radius 2 is 1.46 bits per heavy atom. The normalized spacial score (nSPS) is 35.6. The molecule has 0 unspecified atom stereocenters. The number of aliphatic hydroxyl groups excluding tert-OH is 2. The molecule has 2 saturated carbocycles. The largest absolute Gasteiger partial charge is 0.456 e. The molecule has 13 heteroatoms. The average Bonchev–Trinajstić information content (AvgIpc) is 3.53. The number of carbonyl (C=O) groups is 4. The smallest absolute Gasteiger partial charge is 0.338 e. The van der Waals surface area contributed by atoms with Crippen molar-refractivity contribution in [2.24, 2.45) is 16.7 Å². The van der Waals surface area contributed by atoms with Crippen molar-refractivity contribution in [3.05, 3.63) is 119 Å². The molecule has 3 aromatic carbocycles. The van der Waals surface area contributed by atoms with E-state index in [9.17, 15) is 29.7 Å². The number of ether oxygens (including phenoxy) is 5. The maximum atomic E-state index is 15.3. The van der Waals surface area contributed by atoms with Gasteiger partial charge in [0.15, 0.2) is 17.5 Å². The maximum absolute atomic E-state index is 15.3. The lowest BCUT2D eigenvalue weighted by molar-refractivity contribution is -0.367. The first-order chi connectivity index (χ1) is 29.5. The molecular weight excluding hydrogens is 807 g/mol. The molecule has 1 amide bonds. The van der Waals surface area contributed by atoms with Crippen molar-refractivity contribution < 1.29 is 58.2 Å². The molecular formula is C50H59NO12. The van der Waals surface area contributed by atoms with Gasteiger partial charge in [-0.15, -0.1) is 0 Å². The topological polar surface area (TPSA) is 178 Å². The van der Waals surface area contributed by atoms with Gasteiger partial charge in [0.05, 0.1) is 30.5 Å². The summed E-state index contributed by atoms with van der Waals surface area (Å²) in [5.74, 6) is -3.99. The van der Waals surface area contributed by atoms with Crippen molar-refractivity contribution in [1.82, 2.24) is 4.90 Å². The Morgan fingerprint density at radius 1 is 0.873 bits per heavy atom. The Kier molecular flexibility index (Phi) is 11.0. The van der Waals surface area contributed by atoms with Crippen LogP contribution in [0.3, 0.4) is 0 Å². The molecule has 2 saturated heterocycles.